The van der Waals surface area contributed by atoms with Gasteiger partial charge in [0.05, 0.1) is 11.3 Å². The molecule has 4 nitrogen and oxygen atoms in total. The predicted octanol–water partition coefficient (Wildman–Crippen LogP) is 4.24. The van der Waals surface area contributed by atoms with Crippen LogP contribution in [0.15, 0.2) is 47.6 Å². The Morgan fingerprint density at radius 1 is 1.18 bits per heavy atom. The van der Waals surface area contributed by atoms with Crippen LogP contribution >= 0.6 is 23.2 Å². The fourth-order valence-electron chi connectivity index (χ4n) is 1.88. The number of aromatic hydroxyl groups is 1. The SMILES string of the molecule is CCC(=NNC(=O)c1cc(Cl)ccc1O)c1cccc(Cl)c1. The van der Waals surface area contributed by atoms with Crippen molar-refractivity contribution in [2.24, 2.45) is 5.10 Å². The van der Waals surface area contributed by atoms with Gasteiger partial charge in [-0.1, -0.05) is 42.3 Å². The molecule has 2 N–H and O–H groups in total. The van der Waals surface area contributed by atoms with Crippen LogP contribution in [0.5, 0.6) is 5.75 Å². The summed E-state index contributed by atoms with van der Waals surface area (Å²) >= 11 is 11.8. The molecule has 0 aromatic heterocycles. The lowest BCUT2D eigenvalue weighted by Crippen LogP contribution is -2.20. The molecule has 0 atom stereocenters. The van der Waals surface area contributed by atoms with E-state index in [-0.39, 0.29) is 11.3 Å². The smallest absolute Gasteiger partial charge is 0.275 e. The molecule has 1 amide bonds. The Hall–Kier alpha value is -2.04. The van der Waals surface area contributed by atoms with Gasteiger partial charge in [0.1, 0.15) is 5.75 Å². The van der Waals surface area contributed by atoms with Crippen LogP contribution in [-0.2, 0) is 0 Å². The van der Waals surface area contributed by atoms with E-state index in [0.717, 1.165) is 5.56 Å². The number of nitrogens with one attached hydrogen (secondary N) is 1. The van der Waals surface area contributed by atoms with Crippen molar-refractivity contribution in [1.29, 1.82) is 0 Å². The van der Waals surface area contributed by atoms with Gasteiger partial charge >= 0.3 is 0 Å². The molecule has 6 heteroatoms. The Morgan fingerprint density at radius 2 is 1.91 bits per heavy atom. The molecule has 0 unspecified atom stereocenters. The predicted molar refractivity (Wildman–Crippen MR) is 88.9 cm³/mol. The Balaban J connectivity index is 2.21. The van der Waals surface area contributed by atoms with Gasteiger partial charge in [0.25, 0.3) is 5.91 Å². The van der Waals surface area contributed by atoms with Gasteiger partial charge in [-0.3, -0.25) is 4.79 Å². The van der Waals surface area contributed by atoms with Gasteiger partial charge < -0.3 is 5.11 Å². The third-order valence-corrected chi connectivity index (χ3v) is 3.46. The number of hydrazone groups is 1. The van der Waals surface area contributed by atoms with Crippen molar-refractivity contribution in [3.63, 3.8) is 0 Å². The zero-order valence-corrected chi connectivity index (χ0v) is 13.3. The van der Waals surface area contributed by atoms with Crippen LogP contribution in [0.25, 0.3) is 0 Å². The summed E-state index contributed by atoms with van der Waals surface area (Å²) in [6, 6.07) is 11.4. The van der Waals surface area contributed by atoms with E-state index in [9.17, 15) is 9.90 Å². The lowest BCUT2D eigenvalue weighted by molar-refractivity contribution is 0.0952. The highest BCUT2D eigenvalue weighted by molar-refractivity contribution is 6.31. The van der Waals surface area contributed by atoms with E-state index < -0.39 is 5.91 Å². The lowest BCUT2D eigenvalue weighted by Gasteiger charge is -2.07. The summed E-state index contributed by atoms with van der Waals surface area (Å²) in [5.41, 5.74) is 3.99. The number of carbonyl (C=O) groups is 1. The number of amides is 1. The number of hydrogen-bond acceptors (Lipinski definition) is 3. The molecule has 0 heterocycles. The Kier molecular flexibility index (Phi) is 5.41. The van der Waals surface area contributed by atoms with E-state index in [1.807, 2.05) is 19.1 Å². The maximum absolute atomic E-state index is 12.1. The average molecular weight is 337 g/mol. The van der Waals surface area contributed by atoms with Crippen LogP contribution in [-0.4, -0.2) is 16.7 Å². The van der Waals surface area contributed by atoms with Gasteiger partial charge in [-0.05, 0) is 42.3 Å². The molecule has 0 aliphatic carbocycles. The van der Waals surface area contributed by atoms with E-state index >= 15 is 0 Å². The molecule has 0 spiro atoms. The molecular formula is C16H14Cl2N2O2. The van der Waals surface area contributed by atoms with E-state index in [4.69, 9.17) is 23.2 Å². The van der Waals surface area contributed by atoms with Crippen LogP contribution < -0.4 is 5.43 Å². The first-order valence-corrected chi connectivity index (χ1v) is 7.38. The van der Waals surface area contributed by atoms with Crippen molar-refractivity contribution < 1.29 is 9.90 Å². The molecule has 2 rings (SSSR count). The Bertz CT molecular complexity index is 730. The van der Waals surface area contributed by atoms with Crippen LogP contribution in [0.1, 0.15) is 29.3 Å². The zero-order chi connectivity index (χ0) is 16.1. The standard InChI is InChI=1S/C16H14Cl2N2O2/c1-2-14(10-4-3-5-11(17)8-10)19-20-16(22)13-9-12(18)6-7-15(13)21/h3-9,21H,2H2,1H3,(H,20,22). The minimum Gasteiger partial charge on any atom is -0.507 e. The number of benzene rings is 2. The van der Waals surface area contributed by atoms with E-state index in [2.05, 4.69) is 10.5 Å². The third-order valence-electron chi connectivity index (χ3n) is 2.99. The molecule has 2 aromatic rings. The van der Waals surface area contributed by atoms with Crippen LogP contribution in [0.3, 0.4) is 0 Å². The van der Waals surface area contributed by atoms with Crippen LogP contribution in [0.4, 0.5) is 0 Å². The molecule has 0 saturated carbocycles. The first kappa shape index (κ1) is 16.3. The molecule has 22 heavy (non-hydrogen) atoms. The van der Waals surface area contributed by atoms with E-state index in [1.54, 1.807) is 12.1 Å². The summed E-state index contributed by atoms with van der Waals surface area (Å²) in [7, 11) is 0. The average Bonchev–Trinajstić information content (AvgIpc) is 2.50. The van der Waals surface area contributed by atoms with Gasteiger partial charge in [0.15, 0.2) is 0 Å². The van der Waals surface area contributed by atoms with E-state index in [1.165, 1.54) is 18.2 Å². The number of rotatable bonds is 4. The van der Waals surface area contributed by atoms with Crippen LogP contribution in [0.2, 0.25) is 10.0 Å². The molecule has 0 radical (unpaired) electrons. The largest absolute Gasteiger partial charge is 0.507 e. The first-order valence-electron chi connectivity index (χ1n) is 6.62. The van der Waals surface area contributed by atoms with Gasteiger partial charge in [-0.2, -0.15) is 5.10 Å². The summed E-state index contributed by atoms with van der Waals surface area (Å²) in [4.78, 5) is 12.1. The van der Waals surface area contributed by atoms with Crippen molar-refractivity contribution in [2.75, 3.05) is 0 Å². The number of phenols is 1. The fourth-order valence-corrected chi connectivity index (χ4v) is 2.25. The topological polar surface area (TPSA) is 61.7 Å². The summed E-state index contributed by atoms with van der Waals surface area (Å²) in [6.45, 7) is 1.92. The second-order valence-electron chi connectivity index (χ2n) is 4.52. The molecule has 0 aliphatic rings. The highest BCUT2D eigenvalue weighted by atomic mass is 35.5. The van der Waals surface area contributed by atoms with Gasteiger partial charge in [-0.15, -0.1) is 0 Å². The molecule has 0 fully saturated rings. The quantitative estimate of drug-likeness (QED) is 0.647. The Labute approximate surface area is 138 Å². The monoisotopic (exact) mass is 336 g/mol. The summed E-state index contributed by atoms with van der Waals surface area (Å²) in [5.74, 6) is -0.689. The van der Waals surface area contributed by atoms with Crippen molar-refractivity contribution in [2.45, 2.75) is 13.3 Å². The van der Waals surface area contributed by atoms with E-state index in [0.29, 0.717) is 22.2 Å². The zero-order valence-electron chi connectivity index (χ0n) is 11.8. The normalized spacial score (nSPS) is 11.3. The summed E-state index contributed by atoms with van der Waals surface area (Å²) < 4.78 is 0. The molecule has 0 aliphatic heterocycles. The van der Waals surface area contributed by atoms with Crippen molar-refractivity contribution in [1.82, 2.24) is 5.43 Å². The van der Waals surface area contributed by atoms with Crippen molar-refractivity contribution >= 4 is 34.8 Å². The molecule has 0 bridgehead atoms. The minimum atomic E-state index is -0.534. The Morgan fingerprint density at radius 3 is 2.59 bits per heavy atom. The van der Waals surface area contributed by atoms with Gasteiger partial charge in [0.2, 0.25) is 0 Å². The maximum Gasteiger partial charge on any atom is 0.275 e. The summed E-state index contributed by atoms with van der Waals surface area (Å²) in [6.07, 6.45) is 0.613. The molecular weight excluding hydrogens is 323 g/mol. The lowest BCUT2D eigenvalue weighted by atomic mass is 10.1. The van der Waals surface area contributed by atoms with Gasteiger partial charge in [0, 0.05) is 10.0 Å². The summed E-state index contributed by atoms with van der Waals surface area (Å²) in [5, 5.41) is 14.8. The number of carbonyl (C=O) groups excluding carboxylic acids is 1. The number of phenolic OH excluding ortho intramolecular Hbond substituents is 1. The van der Waals surface area contributed by atoms with Crippen LogP contribution in [0, 0.1) is 0 Å². The third kappa shape index (κ3) is 4.00. The fraction of sp³-hybridized carbons (Fsp3) is 0.125. The number of nitrogens with zero attached hydrogens (tertiary/aromatic N) is 1. The highest BCUT2D eigenvalue weighted by Gasteiger charge is 2.11. The highest BCUT2D eigenvalue weighted by Crippen LogP contribution is 2.21. The minimum absolute atomic E-state index is 0.0674. The maximum atomic E-state index is 12.1. The molecule has 0 saturated heterocycles. The second kappa shape index (κ2) is 7.29. The number of halogens is 2. The van der Waals surface area contributed by atoms with Gasteiger partial charge in [-0.25, -0.2) is 5.43 Å². The first-order chi connectivity index (χ1) is 10.5. The molecule has 2 aromatic carbocycles. The van der Waals surface area contributed by atoms with Crippen molar-refractivity contribution in [3.8, 4) is 5.75 Å². The number of hydrogen-bond donors (Lipinski definition) is 2. The molecule has 114 valence electrons. The van der Waals surface area contributed by atoms with Crippen molar-refractivity contribution in [3.05, 3.63) is 63.6 Å². The second-order valence-corrected chi connectivity index (χ2v) is 5.40.